The number of hydrogen-bond donors (Lipinski definition) is 3. The van der Waals surface area contributed by atoms with Crippen molar-refractivity contribution >= 4 is 38.2 Å². The number of aromatic nitrogens is 3. The van der Waals surface area contributed by atoms with E-state index in [1.165, 1.54) is 19.2 Å². The molecular weight excluding hydrogens is 423 g/mol. The first-order valence-electron chi connectivity index (χ1n) is 9.25. The fourth-order valence-corrected chi connectivity index (χ4v) is 3.99. The first kappa shape index (κ1) is 20.5. The van der Waals surface area contributed by atoms with Crippen molar-refractivity contribution in [3.8, 4) is 11.4 Å². The van der Waals surface area contributed by atoms with Gasteiger partial charge in [0, 0.05) is 28.4 Å². The van der Waals surface area contributed by atoms with Gasteiger partial charge in [-0.05, 0) is 42.5 Å². The normalized spacial score (nSPS) is 11.5. The lowest BCUT2D eigenvalue weighted by Gasteiger charge is -2.13. The third-order valence-corrected chi connectivity index (χ3v) is 6.47. The van der Waals surface area contributed by atoms with Crippen LogP contribution in [-0.4, -0.2) is 40.2 Å². The number of sulfone groups is 1. The molecule has 158 valence electrons. The van der Waals surface area contributed by atoms with Gasteiger partial charge in [0.2, 0.25) is 0 Å². The van der Waals surface area contributed by atoms with Crippen LogP contribution in [0.1, 0.15) is 17.3 Å². The number of anilines is 2. The zero-order chi connectivity index (χ0) is 22.2. The van der Waals surface area contributed by atoms with Gasteiger partial charge in [-0.1, -0.05) is 6.92 Å². The van der Waals surface area contributed by atoms with E-state index in [1.807, 2.05) is 18.2 Å². The average molecular weight is 440 g/mol. The van der Waals surface area contributed by atoms with E-state index in [0.29, 0.717) is 5.56 Å². The standard InChI is InChI=1S/C21H17FN4O4S/c1-2-31(29,30)18-11-24-19(13-3-6-17-12(9-13)7-8-23-17)26-20(18)25-14-4-5-15(21(27)28)16(22)10-14/h3-11,23H,2H2,1H3,(H,27,28)(H,24,25,26). The number of rotatable bonds is 6. The first-order valence-corrected chi connectivity index (χ1v) is 10.9. The van der Waals surface area contributed by atoms with Crippen molar-refractivity contribution in [2.24, 2.45) is 0 Å². The van der Waals surface area contributed by atoms with Gasteiger partial charge in [-0.15, -0.1) is 0 Å². The smallest absolute Gasteiger partial charge is 0.338 e. The number of hydrogen-bond acceptors (Lipinski definition) is 6. The highest BCUT2D eigenvalue weighted by Gasteiger charge is 2.21. The minimum atomic E-state index is -3.69. The van der Waals surface area contributed by atoms with E-state index in [0.717, 1.165) is 23.0 Å². The lowest BCUT2D eigenvalue weighted by Crippen LogP contribution is -2.10. The lowest BCUT2D eigenvalue weighted by atomic mass is 10.1. The molecule has 0 atom stereocenters. The number of aromatic carboxylic acids is 1. The molecule has 0 amide bonds. The van der Waals surface area contributed by atoms with Crippen molar-refractivity contribution in [1.29, 1.82) is 0 Å². The van der Waals surface area contributed by atoms with Gasteiger partial charge in [0.15, 0.2) is 21.5 Å². The number of H-pyrrole nitrogens is 1. The Bertz CT molecular complexity index is 1420. The van der Waals surface area contributed by atoms with Gasteiger partial charge in [0.1, 0.15) is 10.7 Å². The van der Waals surface area contributed by atoms with E-state index in [2.05, 4.69) is 20.3 Å². The van der Waals surface area contributed by atoms with Crippen LogP contribution in [0.15, 0.2) is 59.8 Å². The quantitative estimate of drug-likeness (QED) is 0.414. The monoisotopic (exact) mass is 440 g/mol. The van der Waals surface area contributed by atoms with Crippen LogP contribution < -0.4 is 5.32 Å². The van der Waals surface area contributed by atoms with Crippen LogP contribution in [0.2, 0.25) is 0 Å². The Hall–Kier alpha value is -3.79. The number of halogens is 1. The second-order valence-electron chi connectivity index (χ2n) is 6.71. The third-order valence-electron chi connectivity index (χ3n) is 4.74. The summed E-state index contributed by atoms with van der Waals surface area (Å²) in [7, 11) is -3.69. The highest BCUT2D eigenvalue weighted by atomic mass is 32.2. The van der Waals surface area contributed by atoms with Gasteiger partial charge < -0.3 is 15.4 Å². The SMILES string of the molecule is CCS(=O)(=O)c1cnc(-c2ccc3[nH]ccc3c2)nc1Nc1ccc(C(=O)O)c(F)c1. The number of benzene rings is 2. The molecule has 4 aromatic rings. The topological polar surface area (TPSA) is 125 Å². The van der Waals surface area contributed by atoms with E-state index in [-0.39, 0.29) is 28.0 Å². The summed E-state index contributed by atoms with van der Waals surface area (Å²) >= 11 is 0. The van der Waals surface area contributed by atoms with E-state index in [1.54, 1.807) is 12.3 Å². The Morgan fingerprint density at radius 2 is 2.00 bits per heavy atom. The lowest BCUT2D eigenvalue weighted by molar-refractivity contribution is 0.0692. The maximum atomic E-state index is 14.1. The molecule has 3 N–H and O–H groups in total. The molecule has 2 aromatic heterocycles. The minimum Gasteiger partial charge on any atom is -0.478 e. The van der Waals surface area contributed by atoms with E-state index < -0.39 is 27.2 Å². The van der Waals surface area contributed by atoms with E-state index in [9.17, 15) is 17.6 Å². The molecule has 8 nitrogen and oxygen atoms in total. The zero-order valence-electron chi connectivity index (χ0n) is 16.3. The van der Waals surface area contributed by atoms with Crippen molar-refractivity contribution in [2.75, 3.05) is 11.1 Å². The molecule has 2 heterocycles. The van der Waals surface area contributed by atoms with Crippen LogP contribution in [0.25, 0.3) is 22.3 Å². The molecular formula is C21H17FN4O4S. The molecule has 0 aliphatic heterocycles. The van der Waals surface area contributed by atoms with Crippen LogP contribution in [0.4, 0.5) is 15.9 Å². The molecule has 0 spiro atoms. The van der Waals surface area contributed by atoms with Crippen molar-refractivity contribution in [3.05, 3.63) is 66.2 Å². The largest absolute Gasteiger partial charge is 0.478 e. The molecule has 0 saturated carbocycles. The molecule has 0 aliphatic carbocycles. The summed E-state index contributed by atoms with van der Waals surface area (Å²) in [5, 5.41) is 12.7. The molecule has 0 unspecified atom stereocenters. The number of carboxylic acid groups (broad SMARTS) is 1. The number of carbonyl (C=O) groups is 1. The zero-order valence-corrected chi connectivity index (χ0v) is 17.1. The summed E-state index contributed by atoms with van der Waals surface area (Å²) in [6.07, 6.45) is 3.02. The Kier molecular flexibility index (Phi) is 5.15. The molecule has 0 radical (unpaired) electrons. The summed E-state index contributed by atoms with van der Waals surface area (Å²) < 4.78 is 39.2. The van der Waals surface area contributed by atoms with E-state index >= 15 is 0 Å². The third kappa shape index (κ3) is 3.97. The summed E-state index contributed by atoms with van der Waals surface area (Å²) in [5.41, 5.74) is 1.26. The van der Waals surface area contributed by atoms with E-state index in [4.69, 9.17) is 5.11 Å². The summed E-state index contributed by atoms with van der Waals surface area (Å²) in [6.45, 7) is 1.49. The maximum Gasteiger partial charge on any atom is 0.338 e. The average Bonchev–Trinajstić information content (AvgIpc) is 3.21. The summed E-state index contributed by atoms with van der Waals surface area (Å²) in [6, 6.07) is 10.8. The molecule has 0 bridgehead atoms. The second kappa shape index (κ2) is 7.80. The Morgan fingerprint density at radius 1 is 1.19 bits per heavy atom. The molecule has 31 heavy (non-hydrogen) atoms. The molecule has 4 rings (SSSR count). The van der Waals surface area contributed by atoms with Gasteiger partial charge in [-0.3, -0.25) is 0 Å². The maximum absolute atomic E-state index is 14.1. The molecule has 2 aromatic carbocycles. The fourth-order valence-electron chi connectivity index (χ4n) is 3.08. The molecule has 0 fully saturated rings. The number of aromatic amines is 1. The van der Waals surface area contributed by atoms with Crippen LogP contribution in [0.3, 0.4) is 0 Å². The van der Waals surface area contributed by atoms with Gasteiger partial charge in [0.25, 0.3) is 0 Å². The van der Waals surface area contributed by atoms with Crippen molar-refractivity contribution in [2.45, 2.75) is 11.8 Å². The number of nitrogens with zero attached hydrogens (tertiary/aromatic N) is 2. The van der Waals surface area contributed by atoms with Gasteiger partial charge in [-0.25, -0.2) is 27.6 Å². The number of fused-ring (bicyclic) bond motifs is 1. The van der Waals surface area contributed by atoms with Crippen molar-refractivity contribution in [3.63, 3.8) is 0 Å². The number of nitrogens with one attached hydrogen (secondary N) is 2. The summed E-state index contributed by atoms with van der Waals surface area (Å²) in [5.74, 6) is -2.27. The van der Waals surface area contributed by atoms with Crippen LogP contribution in [0.5, 0.6) is 0 Å². The Labute approximate surface area is 176 Å². The van der Waals surface area contributed by atoms with Gasteiger partial charge in [0.05, 0.1) is 17.5 Å². The van der Waals surface area contributed by atoms with Crippen LogP contribution in [0, 0.1) is 5.82 Å². The minimum absolute atomic E-state index is 0.0245. The van der Waals surface area contributed by atoms with Crippen LogP contribution in [-0.2, 0) is 9.84 Å². The second-order valence-corrected chi connectivity index (χ2v) is 8.96. The fraction of sp³-hybridized carbons (Fsp3) is 0.0952. The van der Waals surface area contributed by atoms with Crippen LogP contribution >= 0.6 is 0 Å². The van der Waals surface area contributed by atoms with Gasteiger partial charge >= 0.3 is 5.97 Å². The number of carboxylic acids is 1. The highest BCUT2D eigenvalue weighted by molar-refractivity contribution is 7.91. The predicted octanol–water partition coefficient (Wildman–Crippen LogP) is 4.00. The van der Waals surface area contributed by atoms with Gasteiger partial charge in [-0.2, -0.15) is 0 Å². The molecule has 10 heteroatoms. The highest BCUT2D eigenvalue weighted by Crippen LogP contribution is 2.28. The molecule has 0 saturated heterocycles. The molecule has 0 aliphatic rings. The predicted molar refractivity (Wildman–Crippen MR) is 114 cm³/mol. The Balaban J connectivity index is 1.80. The Morgan fingerprint density at radius 3 is 2.71 bits per heavy atom. The van der Waals surface area contributed by atoms with Crippen molar-refractivity contribution in [1.82, 2.24) is 15.0 Å². The van der Waals surface area contributed by atoms with Crippen molar-refractivity contribution < 1.29 is 22.7 Å². The summed E-state index contributed by atoms with van der Waals surface area (Å²) in [4.78, 5) is 22.6. The first-order chi connectivity index (χ1) is 14.8.